The maximum atomic E-state index is 3.35. The maximum absolute atomic E-state index is 3.35. The lowest BCUT2D eigenvalue weighted by Gasteiger charge is -1.98. The number of hydrogen-bond donors (Lipinski definition) is 1. The Bertz CT molecular complexity index is 396. The van der Waals surface area contributed by atoms with Crippen molar-refractivity contribution in [3.63, 3.8) is 0 Å². The van der Waals surface area contributed by atoms with Gasteiger partial charge in [0, 0.05) is 11.2 Å². The molecular formula is C10H10BrNS. The molecule has 3 heteroatoms. The molecule has 68 valence electrons. The summed E-state index contributed by atoms with van der Waals surface area (Å²) in [6, 6.07) is 8.52. The average Bonchev–Trinajstić information content (AvgIpc) is 2.58. The first kappa shape index (κ1) is 9.19. The molecule has 0 saturated heterocycles. The largest absolute Gasteiger partial charge is 0.303 e. The average molecular weight is 256 g/mol. The van der Waals surface area contributed by atoms with Gasteiger partial charge >= 0.3 is 0 Å². The van der Waals surface area contributed by atoms with Crippen molar-refractivity contribution < 1.29 is 0 Å². The lowest BCUT2D eigenvalue weighted by Crippen LogP contribution is -2.08. The number of fused-ring (bicyclic) bond motifs is 1. The third-order valence-electron chi connectivity index (χ3n) is 1.97. The summed E-state index contributed by atoms with van der Waals surface area (Å²) < 4.78 is 1.37. The van der Waals surface area contributed by atoms with Crippen molar-refractivity contribution in [1.29, 1.82) is 0 Å². The predicted octanol–water partition coefficient (Wildman–Crippen LogP) is 3.34. The van der Waals surface area contributed by atoms with Crippen LogP contribution in [0.25, 0.3) is 10.1 Å². The molecule has 0 aliphatic rings. The summed E-state index contributed by atoms with van der Waals surface area (Å²) in [5.74, 6) is 0. The standard InChI is InChI=1S/C10H10BrNS/c11-7-12-5-8-6-13-10-4-2-1-3-9(8)10/h1-4,6,12H,5,7H2. The van der Waals surface area contributed by atoms with E-state index in [0.29, 0.717) is 0 Å². The Balaban J connectivity index is 2.35. The smallest absolute Gasteiger partial charge is 0.0519 e. The Morgan fingerprint density at radius 1 is 1.31 bits per heavy atom. The van der Waals surface area contributed by atoms with E-state index < -0.39 is 0 Å². The van der Waals surface area contributed by atoms with E-state index in [2.05, 4.69) is 50.9 Å². The minimum absolute atomic E-state index is 0.844. The van der Waals surface area contributed by atoms with Crippen LogP contribution in [0.15, 0.2) is 29.6 Å². The topological polar surface area (TPSA) is 12.0 Å². The van der Waals surface area contributed by atoms with Gasteiger partial charge in [-0.15, -0.1) is 11.3 Å². The van der Waals surface area contributed by atoms with Crippen molar-refractivity contribution in [1.82, 2.24) is 5.32 Å². The van der Waals surface area contributed by atoms with Gasteiger partial charge in [0.05, 0.1) is 5.45 Å². The molecule has 13 heavy (non-hydrogen) atoms. The van der Waals surface area contributed by atoms with Gasteiger partial charge in [0.1, 0.15) is 0 Å². The third-order valence-corrected chi connectivity index (χ3v) is 3.38. The van der Waals surface area contributed by atoms with Crippen molar-refractivity contribution >= 4 is 37.4 Å². The molecule has 0 unspecified atom stereocenters. The van der Waals surface area contributed by atoms with Gasteiger partial charge < -0.3 is 5.32 Å². The predicted molar refractivity (Wildman–Crippen MR) is 62.5 cm³/mol. The first-order chi connectivity index (χ1) is 6.42. The summed E-state index contributed by atoms with van der Waals surface area (Å²) in [6.45, 7) is 0.940. The van der Waals surface area contributed by atoms with Crippen LogP contribution in [-0.4, -0.2) is 5.45 Å². The molecule has 0 amide bonds. The van der Waals surface area contributed by atoms with Crippen LogP contribution in [0.2, 0.25) is 0 Å². The summed E-state index contributed by atoms with van der Waals surface area (Å²) in [7, 11) is 0. The number of nitrogens with one attached hydrogen (secondary N) is 1. The highest BCUT2D eigenvalue weighted by Crippen LogP contribution is 2.25. The highest BCUT2D eigenvalue weighted by Gasteiger charge is 2.01. The van der Waals surface area contributed by atoms with Crippen LogP contribution in [0.3, 0.4) is 0 Å². The zero-order valence-corrected chi connectivity index (χ0v) is 9.49. The molecule has 1 aromatic carbocycles. The van der Waals surface area contributed by atoms with E-state index >= 15 is 0 Å². The molecule has 1 nitrogen and oxygen atoms in total. The van der Waals surface area contributed by atoms with Crippen LogP contribution in [0.1, 0.15) is 5.56 Å². The molecule has 0 saturated carbocycles. The summed E-state index contributed by atoms with van der Waals surface area (Å²) >= 11 is 5.16. The first-order valence-corrected chi connectivity index (χ1v) is 6.13. The van der Waals surface area contributed by atoms with Crippen LogP contribution in [-0.2, 0) is 6.54 Å². The number of hydrogen-bond acceptors (Lipinski definition) is 2. The Kier molecular flexibility index (Phi) is 2.98. The molecule has 0 aliphatic heterocycles. The zero-order valence-electron chi connectivity index (χ0n) is 7.09. The van der Waals surface area contributed by atoms with Gasteiger partial charge in [-0.2, -0.15) is 0 Å². The summed E-state index contributed by atoms with van der Waals surface area (Å²) in [6.07, 6.45) is 0. The molecule has 2 rings (SSSR count). The van der Waals surface area contributed by atoms with Crippen LogP contribution in [0, 0.1) is 0 Å². The normalized spacial score (nSPS) is 10.8. The van der Waals surface area contributed by atoms with E-state index in [1.807, 2.05) is 11.3 Å². The molecule has 0 atom stereocenters. The molecule has 0 radical (unpaired) electrons. The second kappa shape index (κ2) is 4.22. The van der Waals surface area contributed by atoms with Gasteiger partial charge in [0.15, 0.2) is 0 Å². The van der Waals surface area contributed by atoms with Crippen LogP contribution < -0.4 is 5.32 Å². The van der Waals surface area contributed by atoms with E-state index in [-0.39, 0.29) is 0 Å². The molecule has 0 fully saturated rings. The van der Waals surface area contributed by atoms with Crippen molar-refractivity contribution in [2.75, 3.05) is 5.45 Å². The van der Waals surface area contributed by atoms with Crippen LogP contribution in [0.4, 0.5) is 0 Å². The summed E-state index contributed by atoms with van der Waals surface area (Å²) in [5, 5.41) is 6.86. The lowest BCUT2D eigenvalue weighted by atomic mass is 10.2. The van der Waals surface area contributed by atoms with Gasteiger partial charge in [0.2, 0.25) is 0 Å². The number of rotatable bonds is 3. The van der Waals surface area contributed by atoms with Gasteiger partial charge in [0.25, 0.3) is 0 Å². The second-order valence-corrected chi connectivity index (χ2v) is 4.29. The first-order valence-electron chi connectivity index (χ1n) is 4.13. The fourth-order valence-corrected chi connectivity index (χ4v) is 2.51. The molecule has 0 aliphatic carbocycles. The number of benzene rings is 1. The molecule has 0 spiro atoms. The van der Waals surface area contributed by atoms with Crippen LogP contribution >= 0.6 is 27.3 Å². The third kappa shape index (κ3) is 1.93. The second-order valence-electron chi connectivity index (χ2n) is 2.82. The highest BCUT2D eigenvalue weighted by atomic mass is 79.9. The minimum atomic E-state index is 0.844. The molecule has 1 aromatic heterocycles. The van der Waals surface area contributed by atoms with Crippen molar-refractivity contribution in [2.45, 2.75) is 6.54 Å². The van der Waals surface area contributed by atoms with E-state index in [1.54, 1.807) is 0 Å². The molecule has 0 bridgehead atoms. The fraction of sp³-hybridized carbons (Fsp3) is 0.200. The number of halogens is 1. The minimum Gasteiger partial charge on any atom is -0.303 e. The Morgan fingerprint density at radius 2 is 2.15 bits per heavy atom. The Labute approximate surface area is 89.9 Å². The molecule has 1 N–H and O–H groups in total. The van der Waals surface area contributed by atoms with Gasteiger partial charge in [-0.1, -0.05) is 34.1 Å². The van der Waals surface area contributed by atoms with Gasteiger partial charge in [-0.3, -0.25) is 0 Å². The highest BCUT2D eigenvalue weighted by molar-refractivity contribution is 9.09. The lowest BCUT2D eigenvalue weighted by molar-refractivity contribution is 0.809. The van der Waals surface area contributed by atoms with E-state index in [4.69, 9.17) is 0 Å². The molecular weight excluding hydrogens is 246 g/mol. The van der Waals surface area contributed by atoms with Crippen LogP contribution in [0.5, 0.6) is 0 Å². The Hall–Kier alpha value is -0.380. The monoisotopic (exact) mass is 255 g/mol. The summed E-state index contributed by atoms with van der Waals surface area (Å²) in [4.78, 5) is 0. The number of thiophene rings is 1. The molecule has 1 heterocycles. The van der Waals surface area contributed by atoms with Crippen molar-refractivity contribution in [3.05, 3.63) is 35.2 Å². The van der Waals surface area contributed by atoms with Crippen molar-refractivity contribution in [2.24, 2.45) is 0 Å². The number of alkyl halides is 1. The van der Waals surface area contributed by atoms with Crippen molar-refractivity contribution in [3.8, 4) is 0 Å². The molecule has 2 aromatic rings. The van der Waals surface area contributed by atoms with E-state index in [9.17, 15) is 0 Å². The maximum Gasteiger partial charge on any atom is 0.0519 e. The zero-order chi connectivity index (χ0) is 9.10. The SMILES string of the molecule is BrCNCc1csc2ccccc12. The quantitative estimate of drug-likeness (QED) is 0.656. The van der Waals surface area contributed by atoms with E-state index in [0.717, 1.165) is 12.0 Å². The Morgan fingerprint density at radius 3 is 3.00 bits per heavy atom. The summed E-state index contributed by atoms with van der Waals surface area (Å²) in [5.41, 5.74) is 2.23. The fourth-order valence-electron chi connectivity index (χ4n) is 1.35. The van der Waals surface area contributed by atoms with E-state index in [1.165, 1.54) is 15.6 Å². The van der Waals surface area contributed by atoms with Gasteiger partial charge in [-0.05, 0) is 22.4 Å². The van der Waals surface area contributed by atoms with Gasteiger partial charge in [-0.25, -0.2) is 0 Å².